The first-order valence-electron chi connectivity index (χ1n) is 6.00. The molecule has 0 amide bonds. The third kappa shape index (κ3) is 1.63. The maximum Gasteiger partial charge on any atom is 0.202 e. The second kappa shape index (κ2) is 3.81. The molecule has 1 aromatic heterocycles. The van der Waals surface area contributed by atoms with Gasteiger partial charge in [-0.2, -0.15) is 0 Å². The highest BCUT2D eigenvalue weighted by Crippen LogP contribution is 2.40. The smallest absolute Gasteiger partial charge is 0.202 e. The highest BCUT2D eigenvalue weighted by molar-refractivity contribution is 5.72. The average molecular weight is 234 g/mol. The summed E-state index contributed by atoms with van der Waals surface area (Å²) in [5.41, 5.74) is 6.97. The van der Waals surface area contributed by atoms with Crippen LogP contribution < -0.4 is 5.73 Å². The lowest BCUT2D eigenvalue weighted by atomic mass is 9.86. The SMILES string of the molecule is NCC1(c2nc3ccc(F)cc3o2)CCCC1. The second-order valence-electron chi connectivity index (χ2n) is 4.82. The van der Waals surface area contributed by atoms with Crippen molar-refractivity contribution in [3.8, 4) is 0 Å². The molecule has 2 N–H and O–H groups in total. The summed E-state index contributed by atoms with van der Waals surface area (Å²) in [6.45, 7) is 0.544. The van der Waals surface area contributed by atoms with E-state index in [9.17, 15) is 4.39 Å². The van der Waals surface area contributed by atoms with Crippen LogP contribution in [-0.2, 0) is 5.41 Å². The third-order valence-corrected chi connectivity index (χ3v) is 3.76. The molecule has 1 aromatic carbocycles. The van der Waals surface area contributed by atoms with Crippen molar-refractivity contribution in [2.45, 2.75) is 31.1 Å². The van der Waals surface area contributed by atoms with Crippen LogP contribution in [0.15, 0.2) is 22.6 Å². The fraction of sp³-hybridized carbons (Fsp3) is 0.462. The zero-order valence-electron chi connectivity index (χ0n) is 9.58. The maximum absolute atomic E-state index is 13.1. The molecule has 1 aliphatic carbocycles. The number of halogens is 1. The van der Waals surface area contributed by atoms with Crippen molar-refractivity contribution in [3.05, 3.63) is 29.9 Å². The highest BCUT2D eigenvalue weighted by Gasteiger charge is 2.38. The summed E-state index contributed by atoms with van der Waals surface area (Å²) < 4.78 is 18.8. The van der Waals surface area contributed by atoms with E-state index in [1.807, 2.05) is 0 Å². The maximum atomic E-state index is 13.1. The number of rotatable bonds is 2. The van der Waals surface area contributed by atoms with Gasteiger partial charge < -0.3 is 10.2 Å². The monoisotopic (exact) mass is 234 g/mol. The van der Waals surface area contributed by atoms with Crippen LogP contribution >= 0.6 is 0 Å². The summed E-state index contributed by atoms with van der Waals surface area (Å²) in [5, 5.41) is 0. The van der Waals surface area contributed by atoms with Gasteiger partial charge in [-0.05, 0) is 25.0 Å². The third-order valence-electron chi connectivity index (χ3n) is 3.76. The molecule has 1 heterocycles. The van der Waals surface area contributed by atoms with E-state index >= 15 is 0 Å². The molecule has 3 nitrogen and oxygen atoms in total. The van der Waals surface area contributed by atoms with E-state index in [0.717, 1.165) is 25.7 Å². The predicted molar refractivity (Wildman–Crippen MR) is 63.2 cm³/mol. The molecule has 0 unspecified atom stereocenters. The van der Waals surface area contributed by atoms with Crippen LogP contribution in [0.1, 0.15) is 31.6 Å². The summed E-state index contributed by atoms with van der Waals surface area (Å²) >= 11 is 0. The molecule has 4 heteroatoms. The fourth-order valence-electron chi connectivity index (χ4n) is 2.68. The average Bonchev–Trinajstić information content (AvgIpc) is 2.94. The Morgan fingerprint density at radius 1 is 1.35 bits per heavy atom. The lowest BCUT2D eigenvalue weighted by molar-refractivity contribution is 0.344. The van der Waals surface area contributed by atoms with Gasteiger partial charge >= 0.3 is 0 Å². The summed E-state index contributed by atoms with van der Waals surface area (Å²) in [4.78, 5) is 4.47. The molecular formula is C13H15FN2O. The minimum Gasteiger partial charge on any atom is -0.440 e. The summed E-state index contributed by atoms with van der Waals surface area (Å²) in [7, 11) is 0. The second-order valence-corrected chi connectivity index (χ2v) is 4.82. The van der Waals surface area contributed by atoms with E-state index in [1.165, 1.54) is 12.1 Å². The number of nitrogens with zero attached hydrogens (tertiary/aromatic N) is 1. The molecular weight excluding hydrogens is 219 g/mol. The summed E-state index contributed by atoms with van der Waals surface area (Å²) in [6, 6.07) is 4.43. The quantitative estimate of drug-likeness (QED) is 0.869. The standard InChI is InChI=1S/C13H15FN2O/c14-9-3-4-10-11(7-9)17-12(16-10)13(8-15)5-1-2-6-13/h3-4,7H,1-2,5-6,8,15H2. The van der Waals surface area contributed by atoms with Crippen LogP contribution in [0.2, 0.25) is 0 Å². The molecule has 0 aliphatic heterocycles. The van der Waals surface area contributed by atoms with Gasteiger partial charge in [-0.1, -0.05) is 12.8 Å². The Bertz CT molecular complexity index is 543. The van der Waals surface area contributed by atoms with E-state index in [-0.39, 0.29) is 11.2 Å². The van der Waals surface area contributed by atoms with Crippen molar-refractivity contribution in [2.24, 2.45) is 5.73 Å². The van der Waals surface area contributed by atoms with Gasteiger partial charge in [0.25, 0.3) is 0 Å². The van der Waals surface area contributed by atoms with Gasteiger partial charge in [-0.25, -0.2) is 9.37 Å². The Labute approximate surface area is 98.8 Å². The molecule has 90 valence electrons. The van der Waals surface area contributed by atoms with Crippen LogP contribution in [-0.4, -0.2) is 11.5 Å². The molecule has 2 aromatic rings. The zero-order valence-corrected chi connectivity index (χ0v) is 9.58. The van der Waals surface area contributed by atoms with Crippen molar-refractivity contribution in [1.29, 1.82) is 0 Å². The largest absolute Gasteiger partial charge is 0.440 e. The van der Waals surface area contributed by atoms with Gasteiger partial charge in [0.1, 0.15) is 11.3 Å². The molecule has 0 spiro atoms. The molecule has 3 rings (SSSR count). The van der Waals surface area contributed by atoms with Gasteiger partial charge in [0, 0.05) is 12.6 Å². The number of fused-ring (bicyclic) bond motifs is 1. The molecule has 0 atom stereocenters. The van der Waals surface area contributed by atoms with Crippen LogP contribution in [0.3, 0.4) is 0 Å². The Balaban J connectivity index is 2.11. The Kier molecular flexibility index (Phi) is 2.40. The number of hydrogen-bond acceptors (Lipinski definition) is 3. The first-order chi connectivity index (χ1) is 8.23. The molecule has 0 bridgehead atoms. The van der Waals surface area contributed by atoms with E-state index in [2.05, 4.69) is 4.98 Å². The summed E-state index contributed by atoms with van der Waals surface area (Å²) in [5.74, 6) is 0.381. The van der Waals surface area contributed by atoms with Crippen LogP contribution in [0.5, 0.6) is 0 Å². The Hall–Kier alpha value is -1.42. The normalized spacial score (nSPS) is 18.9. The molecule has 17 heavy (non-hydrogen) atoms. The van der Waals surface area contributed by atoms with E-state index in [0.29, 0.717) is 23.5 Å². The van der Waals surface area contributed by atoms with Gasteiger partial charge in [-0.15, -0.1) is 0 Å². The van der Waals surface area contributed by atoms with Crippen molar-refractivity contribution in [3.63, 3.8) is 0 Å². The van der Waals surface area contributed by atoms with E-state index in [4.69, 9.17) is 10.2 Å². The first-order valence-corrected chi connectivity index (χ1v) is 6.00. The highest BCUT2D eigenvalue weighted by atomic mass is 19.1. The predicted octanol–water partition coefficient (Wildman–Crippen LogP) is 2.74. The van der Waals surface area contributed by atoms with Crippen molar-refractivity contribution in [1.82, 2.24) is 4.98 Å². The Morgan fingerprint density at radius 3 is 2.82 bits per heavy atom. The van der Waals surface area contributed by atoms with Gasteiger partial charge in [-0.3, -0.25) is 0 Å². The molecule has 1 fully saturated rings. The van der Waals surface area contributed by atoms with Crippen LogP contribution in [0.25, 0.3) is 11.1 Å². The topological polar surface area (TPSA) is 52.0 Å². The van der Waals surface area contributed by atoms with Crippen molar-refractivity contribution >= 4 is 11.1 Å². The minimum atomic E-state index is -0.298. The first kappa shape index (κ1) is 10.7. The van der Waals surface area contributed by atoms with E-state index < -0.39 is 0 Å². The Morgan fingerprint density at radius 2 is 2.12 bits per heavy atom. The lowest BCUT2D eigenvalue weighted by Crippen LogP contribution is -2.32. The van der Waals surface area contributed by atoms with Crippen LogP contribution in [0.4, 0.5) is 4.39 Å². The number of hydrogen-bond donors (Lipinski definition) is 1. The lowest BCUT2D eigenvalue weighted by Gasteiger charge is -2.22. The molecule has 1 aliphatic rings. The molecule has 1 saturated carbocycles. The number of benzene rings is 1. The zero-order chi connectivity index (χ0) is 11.9. The molecule has 0 saturated heterocycles. The van der Waals surface area contributed by atoms with Crippen molar-refractivity contribution < 1.29 is 8.81 Å². The van der Waals surface area contributed by atoms with Crippen molar-refractivity contribution in [2.75, 3.05) is 6.54 Å². The van der Waals surface area contributed by atoms with Crippen LogP contribution in [0, 0.1) is 5.82 Å². The number of aromatic nitrogens is 1. The number of nitrogens with two attached hydrogens (primary N) is 1. The molecule has 0 radical (unpaired) electrons. The van der Waals surface area contributed by atoms with Gasteiger partial charge in [0.15, 0.2) is 5.58 Å². The summed E-state index contributed by atoms with van der Waals surface area (Å²) in [6.07, 6.45) is 4.34. The minimum absolute atomic E-state index is 0.129. The fourth-order valence-corrected chi connectivity index (χ4v) is 2.68. The van der Waals surface area contributed by atoms with Gasteiger partial charge in [0.2, 0.25) is 5.89 Å². The van der Waals surface area contributed by atoms with Gasteiger partial charge in [0.05, 0.1) is 5.41 Å². The van der Waals surface area contributed by atoms with E-state index in [1.54, 1.807) is 6.07 Å². The number of oxazole rings is 1.